The highest BCUT2D eigenvalue weighted by Gasteiger charge is 2.14. The summed E-state index contributed by atoms with van der Waals surface area (Å²) in [6.45, 7) is 1.65. The molecular formula is C16H13Cl4NO2. The molecule has 2 aromatic rings. The van der Waals surface area contributed by atoms with Crippen LogP contribution in [0.25, 0.3) is 0 Å². The second-order valence-electron chi connectivity index (χ2n) is 4.82. The van der Waals surface area contributed by atoms with Crippen LogP contribution in [0.1, 0.15) is 18.5 Å². The molecule has 3 nitrogen and oxygen atoms in total. The van der Waals surface area contributed by atoms with Crippen LogP contribution < -0.4 is 10.1 Å². The van der Waals surface area contributed by atoms with Crippen LogP contribution in [0, 0.1) is 0 Å². The van der Waals surface area contributed by atoms with Crippen molar-refractivity contribution < 1.29 is 9.53 Å². The Bertz CT molecular complexity index is 721. The molecule has 0 bridgehead atoms. The smallest absolute Gasteiger partial charge is 0.258 e. The van der Waals surface area contributed by atoms with Crippen molar-refractivity contribution in [2.75, 3.05) is 6.61 Å². The lowest BCUT2D eigenvalue weighted by Gasteiger charge is -2.16. The first-order chi connectivity index (χ1) is 10.9. The van der Waals surface area contributed by atoms with Gasteiger partial charge in [0.1, 0.15) is 5.75 Å². The van der Waals surface area contributed by atoms with Gasteiger partial charge in [-0.3, -0.25) is 4.79 Å². The Morgan fingerprint density at radius 1 is 1.04 bits per heavy atom. The van der Waals surface area contributed by atoms with Crippen molar-refractivity contribution in [2.24, 2.45) is 0 Å². The van der Waals surface area contributed by atoms with Crippen LogP contribution >= 0.6 is 46.4 Å². The molecule has 1 N–H and O–H groups in total. The number of nitrogens with one attached hydrogen (secondary N) is 1. The van der Waals surface area contributed by atoms with Crippen LogP contribution in [-0.2, 0) is 4.79 Å². The molecule has 0 aliphatic heterocycles. The van der Waals surface area contributed by atoms with E-state index < -0.39 is 0 Å². The third kappa shape index (κ3) is 5.18. The fourth-order valence-corrected chi connectivity index (χ4v) is 2.98. The minimum Gasteiger partial charge on any atom is -0.482 e. The summed E-state index contributed by atoms with van der Waals surface area (Å²) in [5.41, 5.74) is 0.772. The van der Waals surface area contributed by atoms with Gasteiger partial charge in [0.05, 0.1) is 11.1 Å². The fraction of sp³-hybridized carbons (Fsp3) is 0.188. The Balaban J connectivity index is 1.93. The highest BCUT2D eigenvalue weighted by molar-refractivity contribution is 6.35. The van der Waals surface area contributed by atoms with Crippen LogP contribution in [0.5, 0.6) is 5.75 Å². The summed E-state index contributed by atoms with van der Waals surface area (Å²) in [6.07, 6.45) is 0. The first-order valence-corrected chi connectivity index (χ1v) is 8.20. The topological polar surface area (TPSA) is 38.3 Å². The Kier molecular flexibility index (Phi) is 6.42. The number of carbonyl (C=O) groups excluding carboxylic acids is 1. The third-order valence-corrected chi connectivity index (χ3v) is 4.15. The minimum atomic E-state index is -0.297. The zero-order chi connectivity index (χ0) is 17.0. The van der Waals surface area contributed by atoms with Crippen LogP contribution in [0.2, 0.25) is 20.1 Å². The molecule has 0 aromatic heterocycles. The maximum atomic E-state index is 12.0. The lowest BCUT2D eigenvalue weighted by atomic mass is 10.1. The Morgan fingerprint density at radius 2 is 1.65 bits per heavy atom. The van der Waals surface area contributed by atoms with E-state index >= 15 is 0 Å². The summed E-state index contributed by atoms with van der Waals surface area (Å²) in [6, 6.07) is 9.63. The predicted molar refractivity (Wildman–Crippen MR) is 95.0 cm³/mol. The van der Waals surface area contributed by atoms with Gasteiger partial charge in [0.25, 0.3) is 5.91 Å². The number of rotatable bonds is 5. The van der Waals surface area contributed by atoms with Gasteiger partial charge in [0.2, 0.25) is 0 Å². The fourth-order valence-electron chi connectivity index (χ4n) is 1.95. The summed E-state index contributed by atoms with van der Waals surface area (Å²) in [5, 5.41) is 4.67. The van der Waals surface area contributed by atoms with Gasteiger partial charge in [-0.15, -0.1) is 0 Å². The van der Waals surface area contributed by atoms with E-state index in [0.29, 0.717) is 25.8 Å². The van der Waals surface area contributed by atoms with Gasteiger partial charge in [-0.25, -0.2) is 0 Å². The molecule has 23 heavy (non-hydrogen) atoms. The van der Waals surface area contributed by atoms with Gasteiger partial charge in [-0.05, 0) is 42.8 Å². The van der Waals surface area contributed by atoms with Gasteiger partial charge in [-0.2, -0.15) is 0 Å². The number of ether oxygens (including phenoxy) is 1. The average Bonchev–Trinajstić information content (AvgIpc) is 2.46. The van der Waals surface area contributed by atoms with E-state index in [0.717, 1.165) is 5.56 Å². The first kappa shape index (κ1) is 18.2. The summed E-state index contributed by atoms with van der Waals surface area (Å²) in [7, 11) is 0. The molecule has 0 aliphatic carbocycles. The van der Waals surface area contributed by atoms with Gasteiger partial charge in [-0.1, -0.05) is 52.5 Å². The van der Waals surface area contributed by atoms with Gasteiger partial charge in [0.15, 0.2) is 6.61 Å². The molecule has 0 radical (unpaired) electrons. The molecule has 0 aliphatic rings. The highest BCUT2D eigenvalue weighted by Crippen LogP contribution is 2.28. The SMILES string of the molecule is C[C@@H](NC(=O)COc1ccc(Cl)cc1Cl)c1ccc(Cl)cc1Cl. The Hall–Kier alpha value is -1.13. The molecule has 1 atom stereocenters. The van der Waals surface area contributed by atoms with Crippen LogP contribution in [0.4, 0.5) is 0 Å². The zero-order valence-corrected chi connectivity index (χ0v) is 15.1. The summed E-state index contributed by atoms with van der Waals surface area (Å²) in [4.78, 5) is 12.0. The third-order valence-electron chi connectivity index (χ3n) is 3.06. The molecule has 0 unspecified atom stereocenters. The van der Waals surface area contributed by atoms with Gasteiger partial charge in [0, 0.05) is 15.1 Å². The largest absolute Gasteiger partial charge is 0.482 e. The Morgan fingerprint density at radius 3 is 2.26 bits per heavy atom. The van der Waals surface area contributed by atoms with Crippen molar-refractivity contribution >= 4 is 52.3 Å². The average molecular weight is 393 g/mol. The van der Waals surface area contributed by atoms with E-state index in [4.69, 9.17) is 51.1 Å². The number of halogens is 4. The molecule has 0 saturated heterocycles. The number of amides is 1. The van der Waals surface area contributed by atoms with Crippen LogP contribution in [0.15, 0.2) is 36.4 Å². The normalized spacial score (nSPS) is 11.9. The van der Waals surface area contributed by atoms with E-state index in [1.165, 1.54) is 0 Å². The highest BCUT2D eigenvalue weighted by atomic mass is 35.5. The molecular weight excluding hydrogens is 380 g/mol. The predicted octanol–water partition coefficient (Wildman–Crippen LogP) is 5.56. The maximum absolute atomic E-state index is 12.0. The van der Waals surface area contributed by atoms with Gasteiger partial charge < -0.3 is 10.1 Å². The molecule has 2 aromatic carbocycles. The molecule has 0 saturated carbocycles. The molecule has 7 heteroatoms. The quantitative estimate of drug-likeness (QED) is 0.723. The summed E-state index contributed by atoms with van der Waals surface area (Å²) < 4.78 is 5.38. The van der Waals surface area contributed by atoms with E-state index in [1.54, 1.807) is 36.4 Å². The standard InChI is InChI=1S/C16H13Cl4NO2/c1-9(12-4-2-10(17)6-13(12)19)21-16(22)8-23-15-5-3-11(18)7-14(15)20/h2-7,9H,8H2,1H3,(H,21,22)/t9-/m1/s1. The van der Waals surface area contributed by atoms with E-state index in [9.17, 15) is 4.79 Å². The first-order valence-electron chi connectivity index (χ1n) is 6.69. The lowest BCUT2D eigenvalue weighted by molar-refractivity contribution is -0.123. The molecule has 122 valence electrons. The Labute approximate surface area is 154 Å². The number of hydrogen-bond donors (Lipinski definition) is 1. The van der Waals surface area contributed by atoms with Crippen LogP contribution in [0.3, 0.4) is 0 Å². The minimum absolute atomic E-state index is 0.170. The molecule has 0 fully saturated rings. The van der Waals surface area contributed by atoms with E-state index in [2.05, 4.69) is 5.32 Å². The van der Waals surface area contributed by atoms with Crippen molar-refractivity contribution in [2.45, 2.75) is 13.0 Å². The second kappa shape index (κ2) is 8.11. The van der Waals surface area contributed by atoms with Gasteiger partial charge >= 0.3 is 0 Å². The van der Waals surface area contributed by atoms with Crippen molar-refractivity contribution in [1.82, 2.24) is 5.32 Å². The summed E-state index contributed by atoms with van der Waals surface area (Å²) in [5.74, 6) is 0.0953. The van der Waals surface area contributed by atoms with Crippen molar-refractivity contribution in [3.8, 4) is 5.75 Å². The zero-order valence-electron chi connectivity index (χ0n) is 12.1. The number of carbonyl (C=O) groups is 1. The van der Waals surface area contributed by atoms with Crippen molar-refractivity contribution in [3.63, 3.8) is 0 Å². The van der Waals surface area contributed by atoms with E-state index in [-0.39, 0.29) is 18.6 Å². The maximum Gasteiger partial charge on any atom is 0.258 e. The molecule has 0 spiro atoms. The second-order valence-corrected chi connectivity index (χ2v) is 6.51. The lowest BCUT2D eigenvalue weighted by Crippen LogP contribution is -2.31. The van der Waals surface area contributed by atoms with Crippen molar-refractivity contribution in [3.05, 3.63) is 62.1 Å². The van der Waals surface area contributed by atoms with Crippen LogP contribution in [-0.4, -0.2) is 12.5 Å². The number of benzene rings is 2. The van der Waals surface area contributed by atoms with Crippen molar-refractivity contribution in [1.29, 1.82) is 0 Å². The number of hydrogen-bond acceptors (Lipinski definition) is 2. The molecule has 1 amide bonds. The molecule has 0 heterocycles. The molecule has 2 rings (SSSR count). The monoisotopic (exact) mass is 391 g/mol. The summed E-state index contributed by atoms with van der Waals surface area (Å²) >= 11 is 23.8. The van der Waals surface area contributed by atoms with E-state index in [1.807, 2.05) is 6.92 Å².